The Morgan fingerprint density at radius 1 is 1.25 bits per heavy atom. The molecule has 5 nitrogen and oxygen atoms in total. The Morgan fingerprint density at radius 3 is 2.58 bits per heavy atom. The van der Waals surface area contributed by atoms with E-state index in [1.807, 2.05) is 0 Å². The monoisotopic (exact) mass is 339 g/mol. The number of carbonyl (C=O) groups excluding carboxylic acids is 2. The van der Waals surface area contributed by atoms with Crippen molar-refractivity contribution >= 4 is 17.7 Å². The van der Waals surface area contributed by atoms with Crippen LogP contribution in [-0.4, -0.2) is 40.3 Å². The average molecular weight is 339 g/mol. The summed E-state index contributed by atoms with van der Waals surface area (Å²) in [4.78, 5) is 36.9. The molecule has 0 aliphatic carbocycles. The summed E-state index contributed by atoms with van der Waals surface area (Å²) in [5, 5.41) is 9.16. The lowest BCUT2D eigenvalue weighted by atomic mass is 9.90. The van der Waals surface area contributed by atoms with Crippen LogP contribution in [0, 0.1) is 17.6 Å². The summed E-state index contributed by atoms with van der Waals surface area (Å²) < 4.78 is 26.4. The van der Waals surface area contributed by atoms with E-state index in [0.717, 1.165) is 12.1 Å². The van der Waals surface area contributed by atoms with Crippen molar-refractivity contribution < 1.29 is 28.3 Å². The lowest BCUT2D eigenvalue weighted by Crippen LogP contribution is -2.49. The SMILES string of the molecule is C[C@@H]1[C@H](C(=O)O)CCCN1C(=O)CCC(=O)c1ccc(F)cc1F. The predicted octanol–water partition coefficient (Wildman–Crippen LogP) is 2.64. The van der Waals surface area contributed by atoms with Crippen molar-refractivity contribution in [3.05, 3.63) is 35.4 Å². The number of hydrogen-bond acceptors (Lipinski definition) is 3. The number of carboxylic acids is 1. The minimum absolute atomic E-state index is 0.133. The molecule has 2 atom stereocenters. The van der Waals surface area contributed by atoms with Gasteiger partial charge in [-0.25, -0.2) is 8.78 Å². The van der Waals surface area contributed by atoms with Gasteiger partial charge >= 0.3 is 5.97 Å². The summed E-state index contributed by atoms with van der Waals surface area (Å²) in [6.07, 6.45) is 0.766. The summed E-state index contributed by atoms with van der Waals surface area (Å²) in [5.74, 6) is -4.20. The fourth-order valence-corrected chi connectivity index (χ4v) is 3.04. The van der Waals surface area contributed by atoms with E-state index in [2.05, 4.69) is 0 Å². The van der Waals surface area contributed by atoms with Crippen LogP contribution in [0.5, 0.6) is 0 Å². The Bertz CT molecular complexity index is 662. The highest BCUT2D eigenvalue weighted by Gasteiger charge is 2.35. The molecule has 1 heterocycles. The molecule has 0 aromatic heterocycles. The number of Topliss-reactive ketones (excluding diaryl/α,β-unsaturated/α-hetero) is 1. The maximum atomic E-state index is 13.6. The fraction of sp³-hybridized carbons (Fsp3) is 0.471. The number of carbonyl (C=O) groups is 3. The van der Waals surface area contributed by atoms with Crippen molar-refractivity contribution in [1.29, 1.82) is 0 Å². The molecule has 1 aliphatic rings. The molecule has 0 unspecified atom stereocenters. The number of halogens is 2. The molecule has 1 amide bonds. The zero-order chi connectivity index (χ0) is 17.9. The molecule has 0 spiro atoms. The van der Waals surface area contributed by atoms with Crippen LogP contribution in [0.2, 0.25) is 0 Å². The maximum Gasteiger partial charge on any atom is 0.308 e. The summed E-state index contributed by atoms with van der Waals surface area (Å²) >= 11 is 0. The molecule has 130 valence electrons. The number of carboxylic acid groups (broad SMARTS) is 1. The first-order valence-corrected chi connectivity index (χ1v) is 7.81. The molecular formula is C17H19F2NO4. The van der Waals surface area contributed by atoms with Crippen molar-refractivity contribution in [1.82, 2.24) is 4.90 Å². The third kappa shape index (κ3) is 3.96. The van der Waals surface area contributed by atoms with E-state index in [-0.39, 0.29) is 24.3 Å². The number of ketones is 1. The van der Waals surface area contributed by atoms with Crippen LogP contribution in [0.3, 0.4) is 0 Å². The molecule has 1 saturated heterocycles. The van der Waals surface area contributed by atoms with Crippen LogP contribution >= 0.6 is 0 Å². The third-order valence-corrected chi connectivity index (χ3v) is 4.42. The summed E-state index contributed by atoms with van der Waals surface area (Å²) in [7, 11) is 0. The highest BCUT2D eigenvalue weighted by atomic mass is 19.1. The minimum atomic E-state index is -0.954. The van der Waals surface area contributed by atoms with E-state index in [1.165, 1.54) is 4.90 Å². The number of aliphatic carboxylic acids is 1. The fourth-order valence-electron chi connectivity index (χ4n) is 3.04. The largest absolute Gasteiger partial charge is 0.481 e. The highest BCUT2D eigenvalue weighted by molar-refractivity contribution is 5.98. The van der Waals surface area contributed by atoms with Gasteiger partial charge in [0.25, 0.3) is 0 Å². The normalized spacial score (nSPS) is 20.7. The number of benzene rings is 1. The van der Waals surface area contributed by atoms with Crippen molar-refractivity contribution in [3.63, 3.8) is 0 Å². The van der Waals surface area contributed by atoms with Gasteiger partial charge in [0.15, 0.2) is 5.78 Å². The van der Waals surface area contributed by atoms with Gasteiger partial charge in [-0.3, -0.25) is 14.4 Å². The van der Waals surface area contributed by atoms with Crippen LogP contribution in [0.15, 0.2) is 18.2 Å². The maximum absolute atomic E-state index is 13.6. The highest BCUT2D eigenvalue weighted by Crippen LogP contribution is 2.25. The van der Waals surface area contributed by atoms with Crippen LogP contribution in [-0.2, 0) is 9.59 Å². The molecule has 0 radical (unpaired) electrons. The number of amides is 1. The van der Waals surface area contributed by atoms with Gasteiger partial charge in [0.1, 0.15) is 11.6 Å². The Morgan fingerprint density at radius 2 is 1.96 bits per heavy atom. The lowest BCUT2D eigenvalue weighted by Gasteiger charge is -2.37. The summed E-state index contributed by atoms with van der Waals surface area (Å²) in [6, 6.07) is 2.23. The van der Waals surface area contributed by atoms with Gasteiger partial charge in [0.05, 0.1) is 11.5 Å². The van der Waals surface area contributed by atoms with Crippen LogP contribution < -0.4 is 0 Å². The second-order valence-electron chi connectivity index (χ2n) is 5.96. The van der Waals surface area contributed by atoms with E-state index >= 15 is 0 Å². The van der Waals surface area contributed by atoms with Crippen LogP contribution in [0.25, 0.3) is 0 Å². The van der Waals surface area contributed by atoms with E-state index in [0.29, 0.717) is 25.5 Å². The quantitative estimate of drug-likeness (QED) is 0.837. The Balaban J connectivity index is 1.97. The number of rotatable bonds is 5. The van der Waals surface area contributed by atoms with Gasteiger partial charge < -0.3 is 10.0 Å². The summed E-state index contributed by atoms with van der Waals surface area (Å²) in [6.45, 7) is 2.13. The molecule has 1 aliphatic heterocycles. The first kappa shape index (κ1) is 18.0. The lowest BCUT2D eigenvalue weighted by molar-refractivity contribution is -0.149. The first-order valence-electron chi connectivity index (χ1n) is 7.81. The molecule has 1 fully saturated rings. The number of piperidine rings is 1. The van der Waals surface area contributed by atoms with E-state index < -0.39 is 35.3 Å². The van der Waals surface area contributed by atoms with Gasteiger partial charge in [-0.1, -0.05) is 0 Å². The molecule has 1 aromatic rings. The smallest absolute Gasteiger partial charge is 0.308 e. The molecule has 24 heavy (non-hydrogen) atoms. The molecular weight excluding hydrogens is 320 g/mol. The number of hydrogen-bond donors (Lipinski definition) is 1. The minimum Gasteiger partial charge on any atom is -0.481 e. The molecule has 2 rings (SSSR count). The second kappa shape index (κ2) is 7.51. The standard InChI is InChI=1S/C17H19F2NO4/c1-10-12(17(23)24)3-2-8-20(10)16(22)7-6-15(21)13-5-4-11(18)9-14(13)19/h4-5,9-10,12H,2-3,6-8H2,1H3,(H,23,24)/t10-,12-/m1/s1. The summed E-state index contributed by atoms with van der Waals surface area (Å²) in [5.41, 5.74) is -0.251. The molecule has 0 bridgehead atoms. The molecule has 1 N–H and O–H groups in total. The second-order valence-corrected chi connectivity index (χ2v) is 5.96. The molecule has 7 heteroatoms. The van der Waals surface area contributed by atoms with Gasteiger partial charge in [-0.2, -0.15) is 0 Å². The number of likely N-dealkylation sites (tertiary alicyclic amines) is 1. The van der Waals surface area contributed by atoms with Crippen molar-refractivity contribution in [2.75, 3.05) is 6.54 Å². The van der Waals surface area contributed by atoms with Gasteiger partial charge in [-0.15, -0.1) is 0 Å². The van der Waals surface area contributed by atoms with Crippen molar-refractivity contribution in [2.24, 2.45) is 5.92 Å². The van der Waals surface area contributed by atoms with E-state index in [1.54, 1.807) is 6.92 Å². The average Bonchev–Trinajstić information content (AvgIpc) is 2.52. The number of nitrogens with zero attached hydrogens (tertiary/aromatic N) is 1. The van der Waals surface area contributed by atoms with E-state index in [4.69, 9.17) is 5.11 Å². The van der Waals surface area contributed by atoms with Gasteiger partial charge in [0, 0.05) is 31.5 Å². The zero-order valence-electron chi connectivity index (χ0n) is 13.3. The van der Waals surface area contributed by atoms with Crippen molar-refractivity contribution in [2.45, 2.75) is 38.6 Å². The Labute approximate surface area is 138 Å². The predicted molar refractivity (Wildman–Crippen MR) is 81.5 cm³/mol. The van der Waals surface area contributed by atoms with Gasteiger partial charge in [-0.05, 0) is 31.9 Å². The molecule has 1 aromatic carbocycles. The van der Waals surface area contributed by atoms with Crippen molar-refractivity contribution in [3.8, 4) is 0 Å². The first-order chi connectivity index (χ1) is 11.3. The topological polar surface area (TPSA) is 74.7 Å². The Kier molecular flexibility index (Phi) is 5.64. The van der Waals surface area contributed by atoms with Crippen LogP contribution in [0.4, 0.5) is 8.78 Å². The zero-order valence-corrected chi connectivity index (χ0v) is 13.3. The van der Waals surface area contributed by atoms with E-state index in [9.17, 15) is 23.2 Å². The van der Waals surface area contributed by atoms with Crippen LogP contribution in [0.1, 0.15) is 43.0 Å². The van der Waals surface area contributed by atoms with Gasteiger partial charge in [0.2, 0.25) is 5.91 Å². The Hall–Kier alpha value is -2.31. The third-order valence-electron chi connectivity index (χ3n) is 4.42. The molecule has 0 saturated carbocycles.